The van der Waals surface area contributed by atoms with Crippen LogP contribution >= 0.6 is 23.2 Å². The molecule has 0 unspecified atom stereocenters. The summed E-state index contributed by atoms with van der Waals surface area (Å²) >= 11 is 11.5. The highest BCUT2D eigenvalue weighted by Gasteiger charge is 2.34. The zero-order valence-corrected chi connectivity index (χ0v) is 10.7. The largest absolute Gasteiger partial charge is 0.417 e. The Labute approximate surface area is 116 Å². The van der Waals surface area contributed by atoms with Gasteiger partial charge in [-0.2, -0.15) is 13.2 Å². The maximum atomic E-state index is 13.2. The maximum absolute atomic E-state index is 13.2. The highest BCUT2D eigenvalue weighted by molar-refractivity contribution is 6.36. The molecule has 0 atom stereocenters. The van der Waals surface area contributed by atoms with E-state index >= 15 is 0 Å². The molecular formula is C13H6Cl2F4. The summed E-state index contributed by atoms with van der Waals surface area (Å²) in [6.45, 7) is 0. The number of alkyl halides is 3. The standard InChI is InChI=1S/C13H6Cl2F4/c14-7-1-3-9(12(15)5-7)10-6-8(16)2-4-11(10)13(17,18)19/h1-6H. The van der Waals surface area contributed by atoms with Crippen LogP contribution in [-0.2, 0) is 6.18 Å². The Kier molecular flexibility index (Phi) is 3.74. The summed E-state index contributed by atoms with van der Waals surface area (Å²) in [5.74, 6) is -0.769. The van der Waals surface area contributed by atoms with E-state index in [2.05, 4.69) is 0 Å². The molecule has 0 fully saturated rings. The van der Waals surface area contributed by atoms with Crippen molar-refractivity contribution < 1.29 is 17.6 Å². The van der Waals surface area contributed by atoms with Gasteiger partial charge in [0.25, 0.3) is 0 Å². The van der Waals surface area contributed by atoms with Gasteiger partial charge in [0.1, 0.15) is 5.82 Å². The van der Waals surface area contributed by atoms with Crippen LogP contribution in [0.5, 0.6) is 0 Å². The maximum Gasteiger partial charge on any atom is 0.417 e. The summed E-state index contributed by atoms with van der Waals surface area (Å²) in [5.41, 5.74) is -1.18. The second kappa shape index (κ2) is 5.02. The predicted molar refractivity (Wildman–Crippen MR) is 66.9 cm³/mol. The van der Waals surface area contributed by atoms with Crippen LogP contribution in [0.2, 0.25) is 10.0 Å². The fraction of sp³-hybridized carbons (Fsp3) is 0.0769. The highest BCUT2D eigenvalue weighted by Crippen LogP contribution is 2.40. The third-order valence-electron chi connectivity index (χ3n) is 2.51. The lowest BCUT2D eigenvalue weighted by Crippen LogP contribution is -2.07. The molecule has 0 heterocycles. The van der Waals surface area contributed by atoms with Gasteiger partial charge in [-0.15, -0.1) is 0 Å². The Balaban J connectivity index is 2.70. The molecule has 0 aliphatic heterocycles. The van der Waals surface area contributed by atoms with E-state index < -0.39 is 17.6 Å². The molecule has 0 aliphatic rings. The number of hydrogen-bond donors (Lipinski definition) is 0. The van der Waals surface area contributed by atoms with Gasteiger partial charge < -0.3 is 0 Å². The first-order valence-electron chi connectivity index (χ1n) is 5.11. The average molecular weight is 309 g/mol. The molecule has 0 spiro atoms. The van der Waals surface area contributed by atoms with Crippen molar-refractivity contribution >= 4 is 23.2 Å². The second-order valence-electron chi connectivity index (χ2n) is 3.81. The van der Waals surface area contributed by atoms with E-state index in [9.17, 15) is 17.6 Å². The Bertz CT molecular complexity index is 621. The molecule has 0 saturated heterocycles. The van der Waals surface area contributed by atoms with E-state index in [1.807, 2.05) is 0 Å². The molecule has 2 rings (SSSR count). The molecule has 0 aromatic heterocycles. The molecule has 0 bridgehead atoms. The van der Waals surface area contributed by atoms with Gasteiger partial charge in [0.15, 0.2) is 0 Å². The topological polar surface area (TPSA) is 0 Å². The minimum atomic E-state index is -4.59. The molecule has 2 aromatic carbocycles. The molecule has 2 aromatic rings. The molecule has 6 heteroatoms. The van der Waals surface area contributed by atoms with Crippen molar-refractivity contribution in [3.05, 3.63) is 57.8 Å². The van der Waals surface area contributed by atoms with Gasteiger partial charge in [-0.3, -0.25) is 0 Å². The summed E-state index contributed by atoms with van der Waals surface area (Å²) < 4.78 is 51.9. The van der Waals surface area contributed by atoms with Crippen LogP contribution < -0.4 is 0 Å². The molecule has 0 aliphatic carbocycles. The van der Waals surface area contributed by atoms with Crippen molar-refractivity contribution in [2.45, 2.75) is 6.18 Å². The number of halogens is 6. The zero-order valence-electron chi connectivity index (χ0n) is 9.23. The summed E-state index contributed by atoms with van der Waals surface area (Å²) in [6.07, 6.45) is -4.59. The molecule has 0 saturated carbocycles. The number of hydrogen-bond acceptors (Lipinski definition) is 0. The van der Waals surface area contributed by atoms with Crippen molar-refractivity contribution in [2.75, 3.05) is 0 Å². The molecule has 0 radical (unpaired) electrons. The minimum absolute atomic E-state index is 0.0311. The SMILES string of the molecule is Fc1ccc(C(F)(F)F)c(-c2ccc(Cl)cc2Cl)c1. The van der Waals surface area contributed by atoms with Crippen LogP contribution in [0.15, 0.2) is 36.4 Å². The Hall–Kier alpha value is -1.26. The van der Waals surface area contributed by atoms with Gasteiger partial charge in [0.05, 0.1) is 5.56 Å². The Morgan fingerprint density at radius 1 is 0.842 bits per heavy atom. The lowest BCUT2D eigenvalue weighted by molar-refractivity contribution is -0.137. The van der Waals surface area contributed by atoms with E-state index in [1.165, 1.54) is 18.2 Å². The van der Waals surface area contributed by atoms with Gasteiger partial charge in [-0.1, -0.05) is 29.3 Å². The van der Waals surface area contributed by atoms with Crippen LogP contribution in [0.4, 0.5) is 17.6 Å². The normalized spacial score (nSPS) is 11.7. The minimum Gasteiger partial charge on any atom is -0.207 e. The lowest BCUT2D eigenvalue weighted by atomic mass is 9.99. The lowest BCUT2D eigenvalue weighted by Gasteiger charge is -2.14. The first kappa shape index (κ1) is 14.2. The van der Waals surface area contributed by atoms with Crippen molar-refractivity contribution in [3.8, 4) is 11.1 Å². The van der Waals surface area contributed by atoms with Crippen molar-refractivity contribution in [3.63, 3.8) is 0 Å². The zero-order chi connectivity index (χ0) is 14.2. The Morgan fingerprint density at radius 3 is 2.11 bits per heavy atom. The Morgan fingerprint density at radius 2 is 1.53 bits per heavy atom. The first-order valence-corrected chi connectivity index (χ1v) is 5.87. The number of benzene rings is 2. The van der Waals surface area contributed by atoms with E-state index in [0.717, 1.165) is 12.1 Å². The summed E-state index contributed by atoms with van der Waals surface area (Å²) in [6, 6.07) is 6.29. The van der Waals surface area contributed by atoms with E-state index in [0.29, 0.717) is 11.1 Å². The van der Waals surface area contributed by atoms with E-state index in [-0.39, 0.29) is 16.1 Å². The molecule has 0 amide bonds. The fourth-order valence-electron chi connectivity index (χ4n) is 1.69. The summed E-state index contributed by atoms with van der Waals surface area (Å²) in [7, 11) is 0. The second-order valence-corrected chi connectivity index (χ2v) is 4.66. The third-order valence-corrected chi connectivity index (χ3v) is 3.06. The van der Waals surface area contributed by atoms with Crippen LogP contribution in [-0.4, -0.2) is 0 Å². The molecular weight excluding hydrogens is 303 g/mol. The summed E-state index contributed by atoms with van der Waals surface area (Å²) in [4.78, 5) is 0. The summed E-state index contributed by atoms with van der Waals surface area (Å²) in [5, 5.41) is 0.322. The average Bonchev–Trinajstić information content (AvgIpc) is 2.27. The van der Waals surface area contributed by atoms with Gasteiger partial charge in [-0.05, 0) is 35.9 Å². The quantitative estimate of drug-likeness (QED) is 0.582. The van der Waals surface area contributed by atoms with Crippen molar-refractivity contribution in [1.82, 2.24) is 0 Å². The van der Waals surface area contributed by atoms with Gasteiger partial charge in [-0.25, -0.2) is 4.39 Å². The number of rotatable bonds is 1. The molecule has 0 nitrogen and oxygen atoms in total. The monoisotopic (exact) mass is 308 g/mol. The molecule has 100 valence electrons. The van der Waals surface area contributed by atoms with Gasteiger partial charge >= 0.3 is 6.18 Å². The van der Waals surface area contributed by atoms with Gasteiger partial charge in [0, 0.05) is 15.6 Å². The molecule has 0 N–H and O–H groups in total. The molecule has 19 heavy (non-hydrogen) atoms. The van der Waals surface area contributed by atoms with Crippen LogP contribution in [0, 0.1) is 5.82 Å². The van der Waals surface area contributed by atoms with E-state index in [1.54, 1.807) is 0 Å². The fourth-order valence-corrected chi connectivity index (χ4v) is 2.20. The van der Waals surface area contributed by atoms with Crippen LogP contribution in [0.1, 0.15) is 5.56 Å². The third kappa shape index (κ3) is 3.01. The first-order chi connectivity index (χ1) is 8.79. The van der Waals surface area contributed by atoms with Crippen molar-refractivity contribution in [2.24, 2.45) is 0 Å². The smallest absolute Gasteiger partial charge is 0.207 e. The van der Waals surface area contributed by atoms with Crippen LogP contribution in [0.25, 0.3) is 11.1 Å². The van der Waals surface area contributed by atoms with E-state index in [4.69, 9.17) is 23.2 Å². The predicted octanol–water partition coefficient (Wildman–Crippen LogP) is 5.82. The van der Waals surface area contributed by atoms with Crippen LogP contribution in [0.3, 0.4) is 0 Å². The van der Waals surface area contributed by atoms with Crippen molar-refractivity contribution in [1.29, 1.82) is 0 Å². The van der Waals surface area contributed by atoms with Gasteiger partial charge in [0.2, 0.25) is 0 Å². The highest BCUT2D eigenvalue weighted by atomic mass is 35.5.